The van der Waals surface area contributed by atoms with Gasteiger partial charge in [0, 0.05) is 25.7 Å². The van der Waals surface area contributed by atoms with Crippen LogP contribution >= 0.6 is 24.0 Å². The minimum Gasteiger partial charge on any atom is -0.357 e. The highest BCUT2D eigenvalue weighted by Gasteiger charge is 2.15. The molecule has 2 unspecified atom stereocenters. The van der Waals surface area contributed by atoms with Gasteiger partial charge in [-0.25, -0.2) is 0 Å². The predicted octanol–water partition coefficient (Wildman–Crippen LogP) is 3.40. The zero-order valence-corrected chi connectivity index (χ0v) is 20.2. The van der Waals surface area contributed by atoms with E-state index in [1.54, 1.807) is 0 Å². The highest BCUT2D eigenvalue weighted by atomic mass is 127. The minimum absolute atomic E-state index is 0. The van der Waals surface area contributed by atoms with Crippen molar-refractivity contribution in [3.63, 3.8) is 0 Å². The van der Waals surface area contributed by atoms with Crippen LogP contribution in [0.15, 0.2) is 4.99 Å². The lowest BCUT2D eigenvalue weighted by Crippen LogP contribution is -2.43. The number of halogens is 1. The summed E-state index contributed by atoms with van der Waals surface area (Å²) in [7, 11) is 0. The third kappa shape index (κ3) is 11.6. The fraction of sp³-hybridized carbons (Fsp3) is 0.950. The molecule has 0 aromatic heterocycles. The summed E-state index contributed by atoms with van der Waals surface area (Å²) in [6, 6.07) is 0.461. The highest BCUT2D eigenvalue weighted by molar-refractivity contribution is 14.0. The smallest absolute Gasteiger partial charge is 0.191 e. The van der Waals surface area contributed by atoms with Crippen molar-refractivity contribution in [1.82, 2.24) is 20.4 Å². The first-order chi connectivity index (χ1) is 12.1. The lowest BCUT2D eigenvalue weighted by molar-refractivity contribution is 0.189. The van der Waals surface area contributed by atoms with Gasteiger partial charge >= 0.3 is 0 Å². The molecule has 0 bridgehead atoms. The van der Waals surface area contributed by atoms with Crippen molar-refractivity contribution in [3.8, 4) is 0 Å². The first-order valence-electron chi connectivity index (χ1n) is 10.6. The number of guanidine groups is 1. The average Bonchev–Trinajstić information content (AvgIpc) is 2.59. The Morgan fingerprint density at radius 1 is 1.27 bits per heavy atom. The number of rotatable bonds is 11. The number of nitrogens with one attached hydrogen (secondary N) is 2. The van der Waals surface area contributed by atoms with Gasteiger partial charge in [0.1, 0.15) is 0 Å². The van der Waals surface area contributed by atoms with Crippen LogP contribution in [0.25, 0.3) is 0 Å². The molecule has 2 atom stereocenters. The molecule has 1 saturated heterocycles. The van der Waals surface area contributed by atoms with Crippen LogP contribution in [0.1, 0.15) is 60.3 Å². The molecule has 5 nitrogen and oxygen atoms in total. The van der Waals surface area contributed by atoms with Crippen molar-refractivity contribution in [1.29, 1.82) is 0 Å². The molecule has 0 saturated carbocycles. The van der Waals surface area contributed by atoms with E-state index in [4.69, 9.17) is 4.99 Å². The Labute approximate surface area is 179 Å². The summed E-state index contributed by atoms with van der Waals surface area (Å²) in [6.07, 6.45) is 5.15. The Morgan fingerprint density at radius 3 is 2.62 bits per heavy atom. The van der Waals surface area contributed by atoms with Gasteiger partial charge in [-0.05, 0) is 71.6 Å². The monoisotopic (exact) mass is 481 g/mol. The maximum Gasteiger partial charge on any atom is 0.191 e. The van der Waals surface area contributed by atoms with Crippen molar-refractivity contribution in [2.45, 2.75) is 66.3 Å². The van der Waals surface area contributed by atoms with E-state index in [1.165, 1.54) is 45.3 Å². The van der Waals surface area contributed by atoms with E-state index < -0.39 is 0 Å². The van der Waals surface area contributed by atoms with Crippen molar-refractivity contribution < 1.29 is 0 Å². The summed E-state index contributed by atoms with van der Waals surface area (Å²) in [5, 5.41) is 6.97. The standard InChI is InChI=1S/C20H43N5.HI/c1-6-21-20(22-13-16-25-15-9-11-18(4)17-25)23-19(5)12-10-14-24(7-2)8-3;/h18-19H,6-17H2,1-5H3,(H2,21,22,23);1H. The zero-order chi connectivity index (χ0) is 18.5. The third-order valence-electron chi connectivity index (χ3n) is 5.16. The predicted molar refractivity (Wildman–Crippen MR) is 126 cm³/mol. The Hall–Kier alpha value is -0.0800. The molecule has 0 radical (unpaired) electrons. The lowest BCUT2D eigenvalue weighted by atomic mass is 10.0. The number of hydrogen-bond donors (Lipinski definition) is 2. The molecule has 1 heterocycles. The minimum atomic E-state index is 0. The second-order valence-electron chi connectivity index (χ2n) is 7.52. The van der Waals surface area contributed by atoms with E-state index in [9.17, 15) is 0 Å². The van der Waals surface area contributed by atoms with Gasteiger partial charge in [0.05, 0.1) is 6.54 Å². The van der Waals surface area contributed by atoms with Crippen LogP contribution in [-0.2, 0) is 0 Å². The van der Waals surface area contributed by atoms with Gasteiger partial charge in [0.25, 0.3) is 0 Å². The van der Waals surface area contributed by atoms with Crippen LogP contribution in [0, 0.1) is 5.92 Å². The summed E-state index contributed by atoms with van der Waals surface area (Å²) >= 11 is 0. The zero-order valence-electron chi connectivity index (χ0n) is 17.9. The molecule has 1 rings (SSSR count). The maximum atomic E-state index is 4.79. The van der Waals surface area contributed by atoms with E-state index in [0.29, 0.717) is 6.04 Å². The fourth-order valence-electron chi connectivity index (χ4n) is 3.58. The van der Waals surface area contributed by atoms with Crippen molar-refractivity contribution >= 4 is 29.9 Å². The van der Waals surface area contributed by atoms with Gasteiger partial charge in [0.15, 0.2) is 5.96 Å². The molecule has 1 aliphatic heterocycles. The summed E-state index contributed by atoms with van der Waals surface area (Å²) in [4.78, 5) is 9.85. The lowest BCUT2D eigenvalue weighted by Gasteiger charge is -2.30. The van der Waals surface area contributed by atoms with E-state index in [1.807, 2.05) is 0 Å². The van der Waals surface area contributed by atoms with Crippen LogP contribution in [-0.4, -0.2) is 74.2 Å². The molecule has 0 aliphatic carbocycles. The Kier molecular flexibility index (Phi) is 15.9. The second kappa shape index (κ2) is 15.9. The van der Waals surface area contributed by atoms with Crippen LogP contribution in [0.4, 0.5) is 0 Å². The summed E-state index contributed by atoms with van der Waals surface area (Å²) in [5.41, 5.74) is 0. The van der Waals surface area contributed by atoms with Gasteiger partial charge in [-0.1, -0.05) is 20.8 Å². The van der Waals surface area contributed by atoms with Crippen LogP contribution in [0.5, 0.6) is 0 Å². The molecule has 2 N–H and O–H groups in total. The Morgan fingerprint density at radius 2 is 2.00 bits per heavy atom. The molecular weight excluding hydrogens is 437 g/mol. The summed E-state index contributed by atoms with van der Waals surface area (Å²) < 4.78 is 0. The second-order valence-corrected chi connectivity index (χ2v) is 7.52. The van der Waals surface area contributed by atoms with Gasteiger partial charge in [0.2, 0.25) is 0 Å². The molecule has 26 heavy (non-hydrogen) atoms. The molecule has 0 spiro atoms. The molecule has 0 amide bonds. The molecule has 156 valence electrons. The van der Waals surface area contributed by atoms with E-state index >= 15 is 0 Å². The first-order valence-corrected chi connectivity index (χ1v) is 10.6. The Bertz CT molecular complexity index is 360. The molecule has 6 heteroatoms. The van der Waals surface area contributed by atoms with Crippen LogP contribution < -0.4 is 10.6 Å². The van der Waals surface area contributed by atoms with E-state index in [2.05, 4.69) is 55.1 Å². The van der Waals surface area contributed by atoms with E-state index in [-0.39, 0.29) is 24.0 Å². The highest BCUT2D eigenvalue weighted by Crippen LogP contribution is 2.14. The van der Waals surface area contributed by atoms with Gasteiger partial charge < -0.3 is 20.4 Å². The SMILES string of the molecule is CCNC(=NCCN1CCCC(C)C1)NC(C)CCCN(CC)CC.I. The molecule has 1 aliphatic rings. The van der Waals surface area contributed by atoms with E-state index in [0.717, 1.165) is 44.6 Å². The average molecular weight is 482 g/mol. The number of nitrogens with zero attached hydrogens (tertiary/aromatic N) is 3. The van der Waals surface area contributed by atoms with Crippen molar-refractivity contribution in [2.75, 3.05) is 52.4 Å². The summed E-state index contributed by atoms with van der Waals surface area (Å²) in [5.74, 6) is 1.82. The molecule has 0 aromatic carbocycles. The van der Waals surface area contributed by atoms with Crippen LogP contribution in [0.2, 0.25) is 0 Å². The Balaban J connectivity index is 0.00000625. The molecular formula is C20H44IN5. The number of hydrogen-bond acceptors (Lipinski definition) is 3. The van der Waals surface area contributed by atoms with Crippen molar-refractivity contribution in [2.24, 2.45) is 10.9 Å². The normalized spacial score (nSPS) is 19.9. The largest absolute Gasteiger partial charge is 0.357 e. The number of piperidine rings is 1. The topological polar surface area (TPSA) is 42.9 Å². The number of aliphatic imine (C=N–C) groups is 1. The van der Waals surface area contributed by atoms with Gasteiger partial charge in [-0.3, -0.25) is 4.99 Å². The molecule has 0 aromatic rings. The fourth-order valence-corrected chi connectivity index (χ4v) is 3.58. The summed E-state index contributed by atoms with van der Waals surface area (Å²) in [6.45, 7) is 20.1. The van der Waals surface area contributed by atoms with Crippen molar-refractivity contribution in [3.05, 3.63) is 0 Å². The van der Waals surface area contributed by atoms with Gasteiger partial charge in [-0.15, -0.1) is 24.0 Å². The number of likely N-dealkylation sites (tertiary alicyclic amines) is 1. The van der Waals surface area contributed by atoms with Crippen LogP contribution in [0.3, 0.4) is 0 Å². The first kappa shape index (κ1) is 25.9. The quantitative estimate of drug-likeness (QED) is 0.270. The molecule has 1 fully saturated rings. The maximum absolute atomic E-state index is 4.79. The van der Waals surface area contributed by atoms with Gasteiger partial charge in [-0.2, -0.15) is 0 Å². The third-order valence-corrected chi connectivity index (χ3v) is 5.16.